The minimum absolute atomic E-state index is 0.0766. The molecule has 0 radical (unpaired) electrons. The molecule has 0 saturated carbocycles. The molecule has 0 unspecified atom stereocenters. The number of carbonyl (C=O) groups excluding carboxylic acids is 1. The Morgan fingerprint density at radius 3 is 2.72 bits per heavy atom. The third-order valence-corrected chi connectivity index (χ3v) is 4.39. The maximum absolute atomic E-state index is 12.7. The van der Waals surface area contributed by atoms with Gasteiger partial charge in [0.15, 0.2) is 5.75 Å². The van der Waals surface area contributed by atoms with Crippen LogP contribution in [0.2, 0.25) is 0 Å². The van der Waals surface area contributed by atoms with Gasteiger partial charge in [-0.3, -0.25) is 19.6 Å². The van der Waals surface area contributed by atoms with Gasteiger partial charge in [0.2, 0.25) is 0 Å². The monoisotopic (exact) mass is 394 g/mol. The van der Waals surface area contributed by atoms with Gasteiger partial charge in [0, 0.05) is 31.9 Å². The lowest BCUT2D eigenvalue weighted by molar-refractivity contribution is -0.386. The first-order valence-corrected chi connectivity index (χ1v) is 9.04. The van der Waals surface area contributed by atoms with E-state index in [1.807, 2.05) is 25.4 Å². The number of hydrogen-bond acceptors (Lipinski definition) is 5. The van der Waals surface area contributed by atoms with Gasteiger partial charge in [0.25, 0.3) is 5.91 Å². The number of hydrogen-bond donors (Lipinski definition) is 0. The molecule has 150 valence electrons. The highest BCUT2D eigenvalue weighted by Gasteiger charge is 2.16. The molecular weight excluding hydrogens is 372 g/mol. The van der Waals surface area contributed by atoms with Crippen molar-refractivity contribution in [3.8, 4) is 5.75 Å². The lowest BCUT2D eigenvalue weighted by Gasteiger charge is -2.16. The van der Waals surface area contributed by atoms with Crippen molar-refractivity contribution in [3.05, 3.63) is 87.2 Å². The van der Waals surface area contributed by atoms with E-state index in [9.17, 15) is 14.9 Å². The van der Waals surface area contributed by atoms with Crippen molar-refractivity contribution in [1.29, 1.82) is 0 Å². The summed E-state index contributed by atoms with van der Waals surface area (Å²) in [6.07, 6.45) is 1.83. The second-order valence-electron chi connectivity index (χ2n) is 6.86. The summed E-state index contributed by atoms with van der Waals surface area (Å²) in [5, 5.41) is 15.5. The summed E-state index contributed by atoms with van der Waals surface area (Å²) >= 11 is 0. The van der Waals surface area contributed by atoms with Gasteiger partial charge in [-0.05, 0) is 42.3 Å². The summed E-state index contributed by atoms with van der Waals surface area (Å²) in [5.74, 6) is 0.0587. The zero-order valence-electron chi connectivity index (χ0n) is 16.5. The third-order valence-electron chi connectivity index (χ3n) is 4.39. The van der Waals surface area contributed by atoms with Crippen molar-refractivity contribution in [3.63, 3.8) is 0 Å². The van der Waals surface area contributed by atoms with Gasteiger partial charge >= 0.3 is 5.69 Å². The molecule has 0 saturated heterocycles. The Balaban J connectivity index is 1.69. The van der Waals surface area contributed by atoms with E-state index < -0.39 is 4.92 Å². The van der Waals surface area contributed by atoms with E-state index in [1.165, 1.54) is 6.07 Å². The molecule has 3 aromatic rings. The molecule has 0 N–H and O–H groups in total. The van der Waals surface area contributed by atoms with Crippen LogP contribution in [0.15, 0.2) is 54.7 Å². The zero-order chi connectivity index (χ0) is 21.0. The van der Waals surface area contributed by atoms with Crippen molar-refractivity contribution >= 4 is 11.6 Å². The number of nitro benzene ring substituents is 1. The number of aryl methyl sites for hydroxylation is 2. The molecule has 0 aliphatic rings. The average molecular weight is 394 g/mol. The van der Waals surface area contributed by atoms with Gasteiger partial charge in [-0.15, -0.1) is 0 Å². The second kappa shape index (κ2) is 8.55. The van der Waals surface area contributed by atoms with Crippen LogP contribution in [0.25, 0.3) is 0 Å². The minimum Gasteiger partial charge on any atom is -0.482 e. The number of rotatable bonds is 7. The average Bonchev–Trinajstić information content (AvgIpc) is 3.11. The minimum atomic E-state index is -0.463. The third kappa shape index (κ3) is 4.98. The Hall–Kier alpha value is -3.68. The summed E-state index contributed by atoms with van der Waals surface area (Å²) < 4.78 is 7.34. The van der Waals surface area contributed by atoms with E-state index in [0.717, 1.165) is 16.8 Å². The van der Waals surface area contributed by atoms with Gasteiger partial charge in [-0.2, -0.15) is 5.10 Å². The first kappa shape index (κ1) is 20.1. The number of aromatic nitrogens is 2. The van der Waals surface area contributed by atoms with Crippen molar-refractivity contribution in [1.82, 2.24) is 14.7 Å². The first-order chi connectivity index (χ1) is 13.8. The molecule has 2 aromatic carbocycles. The topological polar surface area (TPSA) is 90.5 Å². The number of ether oxygens (including phenoxy) is 1. The van der Waals surface area contributed by atoms with E-state index >= 15 is 0 Å². The van der Waals surface area contributed by atoms with Gasteiger partial charge in [-0.1, -0.05) is 18.2 Å². The number of nitro groups is 1. The van der Waals surface area contributed by atoms with E-state index in [0.29, 0.717) is 12.1 Å². The normalized spacial score (nSPS) is 10.6. The molecule has 1 amide bonds. The lowest BCUT2D eigenvalue weighted by Crippen LogP contribution is -2.26. The maximum atomic E-state index is 12.7. The zero-order valence-corrected chi connectivity index (χ0v) is 16.5. The second-order valence-corrected chi connectivity index (χ2v) is 6.86. The highest BCUT2D eigenvalue weighted by atomic mass is 16.6. The van der Waals surface area contributed by atoms with Crippen LogP contribution < -0.4 is 4.74 Å². The van der Waals surface area contributed by atoms with Gasteiger partial charge in [0.05, 0.1) is 17.2 Å². The standard InChI is InChI=1S/C21H22N4O4/c1-15-7-8-20(19(11-15)25(27)28)29-14-16-5-4-6-17(12-16)21(26)23(2)13-18-9-10-24(3)22-18/h4-12H,13-14H2,1-3H3. The van der Waals surface area contributed by atoms with Gasteiger partial charge in [-0.25, -0.2) is 0 Å². The Labute approximate surface area is 168 Å². The Morgan fingerprint density at radius 2 is 2.03 bits per heavy atom. The molecule has 3 rings (SSSR count). The molecule has 0 fully saturated rings. The molecule has 0 atom stereocenters. The predicted octanol–water partition coefficient (Wildman–Crippen LogP) is 3.49. The number of nitrogens with zero attached hydrogens (tertiary/aromatic N) is 4. The van der Waals surface area contributed by atoms with E-state index in [-0.39, 0.29) is 24.0 Å². The molecule has 1 heterocycles. The quantitative estimate of drug-likeness (QED) is 0.452. The van der Waals surface area contributed by atoms with Crippen LogP contribution in [-0.4, -0.2) is 32.6 Å². The summed E-state index contributed by atoms with van der Waals surface area (Å²) in [6, 6.07) is 13.7. The summed E-state index contributed by atoms with van der Waals surface area (Å²) in [7, 11) is 3.54. The van der Waals surface area contributed by atoms with Crippen molar-refractivity contribution in [2.75, 3.05) is 7.05 Å². The van der Waals surface area contributed by atoms with Crippen LogP contribution in [0.5, 0.6) is 5.75 Å². The Kier molecular flexibility index (Phi) is 5.92. The number of carbonyl (C=O) groups is 1. The Morgan fingerprint density at radius 1 is 1.24 bits per heavy atom. The SMILES string of the molecule is Cc1ccc(OCc2cccc(C(=O)N(C)Cc3ccn(C)n3)c2)c([N+](=O)[O-])c1. The van der Waals surface area contributed by atoms with Gasteiger partial charge < -0.3 is 9.64 Å². The maximum Gasteiger partial charge on any atom is 0.311 e. The lowest BCUT2D eigenvalue weighted by atomic mass is 10.1. The van der Waals surface area contributed by atoms with Crippen LogP contribution in [0, 0.1) is 17.0 Å². The molecular formula is C21H22N4O4. The van der Waals surface area contributed by atoms with Crippen LogP contribution >= 0.6 is 0 Å². The van der Waals surface area contributed by atoms with Crippen molar-refractivity contribution in [2.45, 2.75) is 20.1 Å². The predicted molar refractivity (Wildman–Crippen MR) is 108 cm³/mol. The highest BCUT2D eigenvalue weighted by Crippen LogP contribution is 2.28. The van der Waals surface area contributed by atoms with Gasteiger partial charge in [0.1, 0.15) is 6.61 Å². The van der Waals surface area contributed by atoms with Crippen LogP contribution in [0.3, 0.4) is 0 Å². The van der Waals surface area contributed by atoms with Crippen molar-refractivity contribution < 1.29 is 14.5 Å². The number of amides is 1. The van der Waals surface area contributed by atoms with E-state index in [2.05, 4.69) is 5.10 Å². The fourth-order valence-corrected chi connectivity index (χ4v) is 2.93. The summed E-state index contributed by atoms with van der Waals surface area (Å²) in [6.45, 7) is 2.30. The molecule has 29 heavy (non-hydrogen) atoms. The van der Waals surface area contributed by atoms with E-state index in [1.54, 1.807) is 53.9 Å². The molecule has 0 spiro atoms. The fourth-order valence-electron chi connectivity index (χ4n) is 2.93. The smallest absolute Gasteiger partial charge is 0.311 e. The van der Waals surface area contributed by atoms with Crippen LogP contribution in [0.4, 0.5) is 5.69 Å². The molecule has 1 aromatic heterocycles. The molecule has 0 aliphatic carbocycles. The largest absolute Gasteiger partial charge is 0.482 e. The van der Waals surface area contributed by atoms with Crippen LogP contribution in [-0.2, 0) is 20.2 Å². The highest BCUT2D eigenvalue weighted by molar-refractivity contribution is 5.94. The molecule has 8 heteroatoms. The molecule has 0 aliphatic heterocycles. The molecule has 0 bridgehead atoms. The summed E-state index contributed by atoms with van der Waals surface area (Å²) in [4.78, 5) is 25.1. The first-order valence-electron chi connectivity index (χ1n) is 9.04. The van der Waals surface area contributed by atoms with Crippen molar-refractivity contribution in [2.24, 2.45) is 7.05 Å². The molecule has 8 nitrogen and oxygen atoms in total. The Bertz CT molecular complexity index is 1040. The van der Waals surface area contributed by atoms with E-state index in [4.69, 9.17) is 4.74 Å². The van der Waals surface area contributed by atoms with Crippen LogP contribution in [0.1, 0.15) is 27.2 Å². The summed E-state index contributed by atoms with van der Waals surface area (Å²) in [5.41, 5.74) is 2.77. The number of benzene rings is 2. The fraction of sp³-hybridized carbons (Fsp3) is 0.238.